The molecule has 202 valence electrons. The Morgan fingerprint density at radius 1 is 1.05 bits per heavy atom. The molecule has 2 aromatic heterocycles. The van der Waals surface area contributed by atoms with Crippen LogP contribution in [0.4, 0.5) is 21.1 Å². The van der Waals surface area contributed by atoms with Crippen LogP contribution in [0.3, 0.4) is 0 Å². The van der Waals surface area contributed by atoms with Crippen LogP contribution in [-0.4, -0.2) is 71.5 Å². The second-order valence-corrected chi connectivity index (χ2v) is 8.79. The number of alkyl carbamates (subject to hydrolysis) is 1. The molecule has 0 spiro atoms. The third-order valence-corrected chi connectivity index (χ3v) is 4.70. The maximum absolute atomic E-state index is 13.0. The highest BCUT2D eigenvalue weighted by atomic mass is 16.6. The fourth-order valence-electron chi connectivity index (χ4n) is 3.06. The fraction of sp³-hybridized carbons (Fsp3) is 0.333. The van der Waals surface area contributed by atoms with Crippen LogP contribution in [0.5, 0.6) is 5.75 Å². The average molecular weight is 528 g/mol. The first-order valence-corrected chi connectivity index (χ1v) is 11.5. The summed E-state index contributed by atoms with van der Waals surface area (Å²) < 4.78 is 17.0. The predicted octanol–water partition coefficient (Wildman–Crippen LogP) is 2.42. The summed E-state index contributed by atoms with van der Waals surface area (Å²) in [6.07, 6.45) is 0.858. The standard InChI is InChI=1S/C24H29N7O7/c1-24(2,3)38-23(35)26-10-11-37-17-8-6-14(21(33)36-5)12-16(17)27-20(32)15-7-9-19-28-18(13-31(19)30-15)29-22(34)25-4/h6-9,12-13H,10-11H2,1-5H3,(H,26,35)(H,27,32)(H2,25,29,34). The molecule has 0 aliphatic rings. The first-order valence-electron chi connectivity index (χ1n) is 11.5. The van der Waals surface area contributed by atoms with E-state index in [4.69, 9.17) is 14.2 Å². The molecule has 3 rings (SSSR count). The molecule has 4 amide bonds. The van der Waals surface area contributed by atoms with Crippen molar-refractivity contribution in [3.05, 3.63) is 47.8 Å². The van der Waals surface area contributed by atoms with Crippen LogP contribution < -0.4 is 26.0 Å². The molecule has 0 radical (unpaired) electrons. The number of fused-ring (bicyclic) bond motifs is 1. The molecule has 0 bridgehead atoms. The van der Waals surface area contributed by atoms with Gasteiger partial charge in [0.2, 0.25) is 0 Å². The highest BCUT2D eigenvalue weighted by Crippen LogP contribution is 2.27. The molecular weight excluding hydrogens is 498 g/mol. The first-order chi connectivity index (χ1) is 18.0. The minimum Gasteiger partial charge on any atom is -0.490 e. The quantitative estimate of drug-likeness (QED) is 0.253. The molecule has 14 heteroatoms. The van der Waals surface area contributed by atoms with Crippen LogP contribution in [0.2, 0.25) is 0 Å². The number of nitrogens with one attached hydrogen (secondary N) is 4. The van der Waals surface area contributed by atoms with E-state index in [1.54, 1.807) is 26.8 Å². The van der Waals surface area contributed by atoms with Gasteiger partial charge in [-0.1, -0.05) is 0 Å². The van der Waals surface area contributed by atoms with Crippen LogP contribution in [0.15, 0.2) is 36.5 Å². The highest BCUT2D eigenvalue weighted by Gasteiger charge is 2.18. The van der Waals surface area contributed by atoms with Crippen molar-refractivity contribution in [1.82, 2.24) is 25.2 Å². The van der Waals surface area contributed by atoms with Crippen molar-refractivity contribution < 1.29 is 33.4 Å². The fourth-order valence-corrected chi connectivity index (χ4v) is 3.06. The molecule has 0 fully saturated rings. The number of benzene rings is 1. The number of imidazole rings is 1. The first kappa shape index (κ1) is 27.7. The van der Waals surface area contributed by atoms with E-state index in [1.165, 1.54) is 49.1 Å². The molecule has 1 aromatic carbocycles. The van der Waals surface area contributed by atoms with Crippen LogP contribution in [0.1, 0.15) is 41.6 Å². The van der Waals surface area contributed by atoms with E-state index >= 15 is 0 Å². The molecule has 38 heavy (non-hydrogen) atoms. The Bertz CT molecular complexity index is 1350. The molecule has 0 aliphatic heterocycles. The van der Waals surface area contributed by atoms with Gasteiger partial charge in [-0.15, -0.1) is 0 Å². The number of rotatable bonds is 8. The van der Waals surface area contributed by atoms with Gasteiger partial charge in [-0.3, -0.25) is 10.1 Å². The van der Waals surface area contributed by atoms with E-state index in [2.05, 4.69) is 31.3 Å². The Balaban J connectivity index is 1.74. The van der Waals surface area contributed by atoms with Gasteiger partial charge in [0.25, 0.3) is 5.91 Å². The Labute approximate surface area is 218 Å². The molecule has 0 saturated heterocycles. The van der Waals surface area contributed by atoms with Gasteiger partial charge in [-0.05, 0) is 51.1 Å². The lowest BCUT2D eigenvalue weighted by atomic mass is 10.2. The minimum atomic E-state index is -0.637. The number of hydrogen-bond donors (Lipinski definition) is 4. The predicted molar refractivity (Wildman–Crippen MR) is 137 cm³/mol. The Hall–Kier alpha value is -4.88. The summed E-state index contributed by atoms with van der Waals surface area (Å²) in [6, 6.07) is 6.94. The Morgan fingerprint density at radius 2 is 1.82 bits per heavy atom. The summed E-state index contributed by atoms with van der Waals surface area (Å²) in [5, 5.41) is 14.4. The molecule has 0 atom stereocenters. The number of nitrogens with zero attached hydrogens (tertiary/aromatic N) is 3. The van der Waals surface area contributed by atoms with Crippen LogP contribution >= 0.6 is 0 Å². The lowest BCUT2D eigenvalue weighted by molar-refractivity contribution is 0.0518. The minimum absolute atomic E-state index is 0.0300. The largest absolute Gasteiger partial charge is 0.490 e. The number of methoxy groups -OCH3 is 1. The van der Waals surface area contributed by atoms with Gasteiger partial charge in [0.15, 0.2) is 11.5 Å². The van der Waals surface area contributed by atoms with E-state index in [9.17, 15) is 19.2 Å². The van der Waals surface area contributed by atoms with Crippen molar-refractivity contribution in [2.45, 2.75) is 26.4 Å². The van der Waals surface area contributed by atoms with Crippen molar-refractivity contribution in [1.29, 1.82) is 0 Å². The molecule has 0 saturated carbocycles. The van der Waals surface area contributed by atoms with Gasteiger partial charge in [0, 0.05) is 7.05 Å². The summed E-state index contributed by atoms with van der Waals surface area (Å²) in [5.74, 6) is -0.707. The second-order valence-electron chi connectivity index (χ2n) is 8.79. The van der Waals surface area contributed by atoms with Crippen LogP contribution in [-0.2, 0) is 9.47 Å². The SMILES string of the molecule is CNC(=O)Nc1cn2nc(C(=O)Nc3cc(C(=O)OC)ccc3OCCNC(=O)OC(C)(C)C)ccc2n1. The van der Waals surface area contributed by atoms with Crippen molar-refractivity contribution >= 4 is 41.2 Å². The number of esters is 1. The molecule has 4 N–H and O–H groups in total. The smallest absolute Gasteiger partial charge is 0.407 e. The number of ether oxygens (including phenoxy) is 3. The number of aromatic nitrogens is 3. The van der Waals surface area contributed by atoms with E-state index in [0.29, 0.717) is 5.65 Å². The third-order valence-electron chi connectivity index (χ3n) is 4.70. The number of amides is 4. The number of urea groups is 1. The normalized spacial score (nSPS) is 10.9. The third kappa shape index (κ3) is 7.56. The summed E-state index contributed by atoms with van der Waals surface area (Å²) >= 11 is 0. The van der Waals surface area contributed by atoms with Crippen molar-refractivity contribution in [2.24, 2.45) is 0 Å². The zero-order valence-corrected chi connectivity index (χ0v) is 21.6. The van der Waals surface area contributed by atoms with Crippen LogP contribution in [0.25, 0.3) is 5.65 Å². The molecule has 2 heterocycles. The lowest BCUT2D eigenvalue weighted by Gasteiger charge is -2.20. The molecule has 0 unspecified atom stereocenters. The molecular formula is C24H29N7O7. The van der Waals surface area contributed by atoms with E-state index in [0.717, 1.165) is 0 Å². The zero-order valence-electron chi connectivity index (χ0n) is 21.6. The average Bonchev–Trinajstić information content (AvgIpc) is 3.26. The Morgan fingerprint density at radius 3 is 2.50 bits per heavy atom. The van der Waals surface area contributed by atoms with Gasteiger partial charge >= 0.3 is 18.1 Å². The van der Waals surface area contributed by atoms with Crippen molar-refractivity contribution in [2.75, 3.05) is 37.9 Å². The topological polar surface area (TPSA) is 174 Å². The van der Waals surface area contributed by atoms with Crippen LogP contribution in [0, 0.1) is 0 Å². The maximum atomic E-state index is 13.0. The summed E-state index contributed by atoms with van der Waals surface area (Å²) in [5.41, 5.74) is 0.168. The van der Waals surface area contributed by atoms with Crippen molar-refractivity contribution in [3.63, 3.8) is 0 Å². The van der Waals surface area contributed by atoms with Gasteiger partial charge in [-0.2, -0.15) is 5.10 Å². The van der Waals surface area contributed by atoms with E-state index in [-0.39, 0.29) is 41.7 Å². The zero-order chi connectivity index (χ0) is 27.9. The number of hydrogen-bond acceptors (Lipinski definition) is 9. The summed E-state index contributed by atoms with van der Waals surface area (Å²) in [4.78, 5) is 52.6. The maximum Gasteiger partial charge on any atom is 0.407 e. The molecule has 14 nitrogen and oxygen atoms in total. The summed E-state index contributed by atoms with van der Waals surface area (Å²) in [6.45, 7) is 5.44. The summed E-state index contributed by atoms with van der Waals surface area (Å²) in [7, 11) is 2.71. The monoisotopic (exact) mass is 527 g/mol. The van der Waals surface area contributed by atoms with Gasteiger partial charge in [0.1, 0.15) is 23.7 Å². The van der Waals surface area contributed by atoms with E-state index < -0.39 is 29.6 Å². The number of anilines is 2. The number of carbonyl (C=O) groups is 4. The van der Waals surface area contributed by atoms with Gasteiger partial charge in [0.05, 0.1) is 31.1 Å². The van der Waals surface area contributed by atoms with Crippen molar-refractivity contribution in [3.8, 4) is 5.75 Å². The second kappa shape index (κ2) is 11.9. The van der Waals surface area contributed by atoms with Gasteiger partial charge < -0.3 is 30.2 Å². The Kier molecular flexibility index (Phi) is 8.68. The van der Waals surface area contributed by atoms with Gasteiger partial charge in [-0.25, -0.2) is 23.9 Å². The lowest BCUT2D eigenvalue weighted by Crippen LogP contribution is -2.34. The molecule has 3 aromatic rings. The highest BCUT2D eigenvalue weighted by molar-refractivity contribution is 6.04. The van der Waals surface area contributed by atoms with E-state index in [1.807, 2.05) is 0 Å². The number of carbonyl (C=O) groups excluding carboxylic acids is 4. The molecule has 0 aliphatic carbocycles.